The number of nitrogens with zero attached hydrogens (tertiary/aromatic N) is 1. The standard InChI is InChI=1S/C14H18F3NO2S/c1-12(14(15,16)17)4-2-3-11(9-12)21(19,20)18-8-7-13(10-18)5-6-13/h2-4H,5-10H2,1H3/p+1. The van der Waals surface area contributed by atoms with Gasteiger partial charge in [0.1, 0.15) is 0 Å². The van der Waals surface area contributed by atoms with Crippen molar-refractivity contribution >= 4 is 10.4 Å². The third-order valence-corrected chi connectivity index (χ3v) is 6.96. The summed E-state index contributed by atoms with van der Waals surface area (Å²) in [6, 6.07) is 0. The molecule has 0 radical (unpaired) electrons. The van der Waals surface area contributed by atoms with Gasteiger partial charge in [0, 0.05) is 13.0 Å². The van der Waals surface area contributed by atoms with Crippen LogP contribution in [0.5, 0.6) is 0 Å². The lowest BCUT2D eigenvalue weighted by molar-refractivity contribution is -0.199. The Morgan fingerprint density at radius 2 is 2.00 bits per heavy atom. The van der Waals surface area contributed by atoms with E-state index >= 15 is 0 Å². The maximum atomic E-state index is 13.1. The molecule has 21 heavy (non-hydrogen) atoms. The van der Waals surface area contributed by atoms with Crippen molar-refractivity contribution in [1.82, 2.24) is 4.31 Å². The molecule has 3 nitrogen and oxygen atoms in total. The van der Waals surface area contributed by atoms with Crippen LogP contribution in [0.25, 0.3) is 0 Å². The lowest BCUT2D eigenvalue weighted by Gasteiger charge is -2.31. The zero-order valence-corrected chi connectivity index (χ0v) is 12.6. The quantitative estimate of drug-likeness (QED) is 0.786. The molecule has 1 N–H and O–H groups in total. The molecule has 0 aromatic rings. The number of rotatable bonds is 2. The number of hydrogen-bond donors (Lipinski definition) is 1. The van der Waals surface area contributed by atoms with Gasteiger partial charge in [0.05, 0.1) is 12.0 Å². The first-order chi connectivity index (χ1) is 9.58. The summed E-state index contributed by atoms with van der Waals surface area (Å²) in [6.45, 7) is 2.07. The van der Waals surface area contributed by atoms with Gasteiger partial charge in [0.15, 0.2) is 4.91 Å². The molecule has 1 heterocycles. The topological polar surface area (TPSA) is 40.5 Å². The first kappa shape index (κ1) is 15.2. The third kappa shape index (κ3) is 2.49. The van der Waals surface area contributed by atoms with Gasteiger partial charge in [-0.3, -0.25) is 0 Å². The lowest BCUT2D eigenvalue weighted by Crippen LogP contribution is -2.41. The average molecular weight is 322 g/mol. The minimum Gasteiger partial charge on any atom is -0.170 e. The van der Waals surface area contributed by atoms with Crippen molar-refractivity contribution in [2.24, 2.45) is 10.8 Å². The molecule has 1 spiro atoms. The van der Waals surface area contributed by atoms with Crippen LogP contribution in [0, 0.1) is 10.8 Å². The van der Waals surface area contributed by atoms with Gasteiger partial charge >= 0.3 is 16.6 Å². The summed E-state index contributed by atoms with van der Waals surface area (Å²) in [4.78, 5) is -0.0116. The van der Waals surface area contributed by atoms with Crippen molar-refractivity contribution in [2.75, 3.05) is 13.1 Å². The van der Waals surface area contributed by atoms with Crippen LogP contribution in [-0.2, 0) is 14.6 Å². The Kier molecular flexibility index (Phi) is 3.21. The monoisotopic (exact) mass is 322 g/mol. The van der Waals surface area contributed by atoms with Gasteiger partial charge in [0.2, 0.25) is 0 Å². The van der Waals surface area contributed by atoms with Gasteiger partial charge in [-0.1, -0.05) is 16.5 Å². The summed E-state index contributed by atoms with van der Waals surface area (Å²) in [5.41, 5.74) is -1.91. The van der Waals surface area contributed by atoms with Crippen LogP contribution in [0.4, 0.5) is 13.2 Å². The van der Waals surface area contributed by atoms with E-state index < -0.39 is 28.4 Å². The fraction of sp³-hybridized carbons (Fsp3) is 0.714. The molecule has 1 aliphatic heterocycles. The summed E-state index contributed by atoms with van der Waals surface area (Å²) in [5, 5.41) is 0. The summed E-state index contributed by atoms with van der Waals surface area (Å²) >= 11 is 0. The Hall–Kier alpha value is -0.660. The largest absolute Gasteiger partial charge is 0.398 e. The molecule has 118 valence electrons. The van der Waals surface area contributed by atoms with Crippen LogP contribution in [0.1, 0.15) is 32.6 Å². The predicted molar refractivity (Wildman–Crippen MR) is 74.5 cm³/mol. The van der Waals surface area contributed by atoms with Gasteiger partial charge in [-0.2, -0.15) is 17.7 Å². The fourth-order valence-corrected chi connectivity index (χ4v) is 4.94. The van der Waals surface area contributed by atoms with Crippen molar-refractivity contribution in [3.8, 4) is 0 Å². The van der Waals surface area contributed by atoms with Crippen molar-refractivity contribution in [3.63, 3.8) is 0 Å². The Morgan fingerprint density at radius 1 is 1.33 bits per heavy atom. The van der Waals surface area contributed by atoms with Gasteiger partial charge in [0.25, 0.3) is 0 Å². The van der Waals surface area contributed by atoms with Crippen molar-refractivity contribution in [3.05, 3.63) is 23.1 Å². The van der Waals surface area contributed by atoms with Crippen LogP contribution < -0.4 is 0 Å². The molecule has 1 saturated carbocycles. The highest BCUT2D eigenvalue weighted by molar-refractivity contribution is 7.99. The first-order valence-electron chi connectivity index (χ1n) is 7.05. The molecule has 2 atom stereocenters. The number of alkyl halides is 3. The van der Waals surface area contributed by atoms with E-state index in [1.807, 2.05) is 0 Å². The van der Waals surface area contributed by atoms with Crippen LogP contribution in [0.2, 0.25) is 0 Å². The van der Waals surface area contributed by atoms with E-state index in [0.29, 0.717) is 13.1 Å². The minimum absolute atomic E-state index is 0.0116. The number of halogens is 3. The molecule has 0 bridgehead atoms. The molecule has 2 unspecified atom stereocenters. The van der Waals surface area contributed by atoms with Crippen molar-refractivity contribution < 1.29 is 21.9 Å². The Labute approximate surface area is 123 Å². The smallest absolute Gasteiger partial charge is 0.170 e. The molecule has 0 amide bonds. The molecule has 1 saturated heterocycles. The normalized spacial score (nSPS) is 34.8. The SMILES string of the molecule is CC1(C(F)(F)F)C=CC=C([S+](=O)(O)N2CCC3(CC3)C2)C1. The van der Waals surface area contributed by atoms with E-state index in [1.165, 1.54) is 16.5 Å². The van der Waals surface area contributed by atoms with Gasteiger partial charge in [-0.25, -0.2) is 0 Å². The van der Waals surface area contributed by atoms with E-state index in [0.717, 1.165) is 32.3 Å². The van der Waals surface area contributed by atoms with E-state index in [1.54, 1.807) is 0 Å². The van der Waals surface area contributed by atoms with E-state index in [-0.39, 0.29) is 10.3 Å². The zero-order valence-electron chi connectivity index (χ0n) is 11.8. The van der Waals surface area contributed by atoms with Crippen LogP contribution >= 0.6 is 0 Å². The maximum absolute atomic E-state index is 13.1. The van der Waals surface area contributed by atoms with Gasteiger partial charge in [-0.05, 0) is 41.9 Å². The van der Waals surface area contributed by atoms with Crippen molar-refractivity contribution in [1.29, 1.82) is 0 Å². The highest BCUT2D eigenvalue weighted by Crippen LogP contribution is 2.55. The third-order valence-electron chi connectivity index (χ3n) is 4.99. The second-order valence-electron chi connectivity index (χ2n) is 6.69. The van der Waals surface area contributed by atoms with Crippen molar-refractivity contribution in [2.45, 2.75) is 38.8 Å². The second kappa shape index (κ2) is 4.43. The number of hydrogen-bond acceptors (Lipinski definition) is 1. The van der Waals surface area contributed by atoms with Crippen LogP contribution in [0.15, 0.2) is 23.1 Å². The predicted octanol–water partition coefficient (Wildman–Crippen LogP) is 3.77. The minimum atomic E-state index is -4.43. The molecule has 3 rings (SSSR count). The van der Waals surface area contributed by atoms with Gasteiger partial charge in [-0.15, -0.1) is 0 Å². The summed E-state index contributed by atoms with van der Waals surface area (Å²) in [5.74, 6) is 0. The lowest BCUT2D eigenvalue weighted by atomic mass is 9.83. The summed E-state index contributed by atoms with van der Waals surface area (Å²) < 4.78 is 63.9. The summed E-state index contributed by atoms with van der Waals surface area (Å²) in [7, 11) is -3.53. The molecule has 7 heteroatoms. The maximum Gasteiger partial charge on any atom is 0.398 e. The first-order valence-corrected chi connectivity index (χ1v) is 8.52. The molecule has 0 aromatic carbocycles. The molecular weight excluding hydrogens is 303 g/mol. The zero-order chi connectivity index (χ0) is 15.5. The van der Waals surface area contributed by atoms with Crippen LogP contribution in [0.3, 0.4) is 0 Å². The molecule has 3 aliphatic rings. The molecule has 0 aromatic heterocycles. The molecule has 2 aliphatic carbocycles. The molecular formula is C14H19F3NO2S+. The van der Waals surface area contributed by atoms with Crippen LogP contribution in [-0.4, -0.2) is 28.1 Å². The highest BCUT2D eigenvalue weighted by atomic mass is 32.3. The average Bonchev–Trinajstić information content (AvgIpc) is 2.97. The van der Waals surface area contributed by atoms with E-state index in [9.17, 15) is 21.9 Å². The molecule has 2 fully saturated rings. The highest BCUT2D eigenvalue weighted by Gasteiger charge is 2.59. The number of allylic oxidation sites excluding steroid dienone is 4. The second-order valence-corrected chi connectivity index (χ2v) is 8.73. The van der Waals surface area contributed by atoms with E-state index in [2.05, 4.69) is 0 Å². The Balaban J connectivity index is 1.82. The fourth-order valence-electron chi connectivity index (χ4n) is 3.08. The van der Waals surface area contributed by atoms with Gasteiger partial charge < -0.3 is 0 Å². The summed E-state index contributed by atoms with van der Waals surface area (Å²) in [6.07, 6.45) is 1.78. The Bertz CT molecular complexity index is 565. The Morgan fingerprint density at radius 3 is 2.52 bits per heavy atom. The van der Waals surface area contributed by atoms with E-state index in [4.69, 9.17) is 0 Å².